The summed E-state index contributed by atoms with van der Waals surface area (Å²) in [5.74, 6) is 5.10. The van der Waals surface area contributed by atoms with Crippen LogP contribution < -0.4 is 0 Å². The smallest absolute Gasteiger partial charge is 0.154 e. The predicted octanol–water partition coefficient (Wildman–Crippen LogP) is 1.59. The first kappa shape index (κ1) is 8.10. The zero-order chi connectivity index (χ0) is 8.39. The van der Waals surface area contributed by atoms with Crippen LogP contribution in [0.1, 0.15) is 30.9 Å². The van der Waals surface area contributed by atoms with Gasteiger partial charge in [-0.15, -0.1) is 0 Å². The van der Waals surface area contributed by atoms with Crippen molar-refractivity contribution in [3.05, 3.63) is 11.6 Å². The van der Waals surface area contributed by atoms with E-state index in [1.54, 1.807) is 0 Å². The van der Waals surface area contributed by atoms with Gasteiger partial charge in [0.05, 0.1) is 0 Å². The molecular formula is C8H13N3S. The van der Waals surface area contributed by atoms with Gasteiger partial charge in [-0.05, 0) is 12.2 Å². The lowest BCUT2D eigenvalue weighted by Crippen LogP contribution is -1.98. The molecule has 2 rings (SSSR count). The van der Waals surface area contributed by atoms with Crippen molar-refractivity contribution in [2.45, 2.75) is 25.7 Å². The molecule has 1 aromatic heterocycles. The number of nitrogens with one attached hydrogen (secondary N) is 1. The normalized spacial score (nSPS) is 23.2. The lowest BCUT2D eigenvalue weighted by molar-refractivity contribution is 0.721. The van der Waals surface area contributed by atoms with Gasteiger partial charge in [-0.25, -0.2) is 4.98 Å². The van der Waals surface area contributed by atoms with E-state index in [1.165, 1.54) is 17.9 Å². The van der Waals surface area contributed by atoms with Crippen LogP contribution in [0.25, 0.3) is 0 Å². The van der Waals surface area contributed by atoms with Crippen LogP contribution in [0.2, 0.25) is 0 Å². The third-order valence-electron chi connectivity index (χ3n) is 2.18. The van der Waals surface area contributed by atoms with Crippen LogP contribution in [0.5, 0.6) is 0 Å². The molecule has 1 aliphatic heterocycles. The highest BCUT2D eigenvalue weighted by molar-refractivity contribution is 7.99. The minimum Gasteiger partial charge on any atom is -0.263 e. The molecule has 0 amide bonds. The molecule has 1 N–H and O–H groups in total. The topological polar surface area (TPSA) is 41.6 Å². The molecule has 0 radical (unpaired) electrons. The number of thioether (sulfide) groups is 1. The Morgan fingerprint density at radius 2 is 2.58 bits per heavy atom. The highest BCUT2D eigenvalue weighted by Gasteiger charge is 2.21. The Hall–Kier alpha value is -0.510. The van der Waals surface area contributed by atoms with Crippen LogP contribution >= 0.6 is 11.8 Å². The second kappa shape index (κ2) is 3.47. The van der Waals surface area contributed by atoms with E-state index >= 15 is 0 Å². The van der Waals surface area contributed by atoms with E-state index in [-0.39, 0.29) is 0 Å². The number of rotatable bonds is 2. The summed E-state index contributed by atoms with van der Waals surface area (Å²) in [4.78, 5) is 4.43. The second-order valence-corrected chi connectivity index (χ2v) is 4.20. The van der Waals surface area contributed by atoms with Crippen molar-refractivity contribution in [1.29, 1.82) is 0 Å². The second-order valence-electron chi connectivity index (χ2n) is 3.05. The Balaban J connectivity index is 2.11. The summed E-state index contributed by atoms with van der Waals surface area (Å²) < 4.78 is 0. The van der Waals surface area contributed by atoms with Gasteiger partial charge >= 0.3 is 0 Å². The van der Waals surface area contributed by atoms with Crippen LogP contribution in [0.3, 0.4) is 0 Å². The van der Waals surface area contributed by atoms with E-state index in [9.17, 15) is 0 Å². The van der Waals surface area contributed by atoms with Crippen molar-refractivity contribution < 1.29 is 0 Å². The fraction of sp³-hybridized carbons (Fsp3) is 0.750. The molecule has 1 unspecified atom stereocenters. The quantitative estimate of drug-likeness (QED) is 0.757. The fourth-order valence-corrected chi connectivity index (χ4v) is 2.61. The summed E-state index contributed by atoms with van der Waals surface area (Å²) in [5.41, 5.74) is 0. The molecule has 0 bridgehead atoms. The van der Waals surface area contributed by atoms with Gasteiger partial charge in [0.2, 0.25) is 0 Å². The minimum atomic E-state index is 0.603. The number of hydrogen-bond acceptors (Lipinski definition) is 3. The van der Waals surface area contributed by atoms with Crippen molar-refractivity contribution in [2.24, 2.45) is 0 Å². The molecule has 66 valence electrons. The Labute approximate surface area is 76.4 Å². The van der Waals surface area contributed by atoms with Crippen LogP contribution in [0.15, 0.2) is 0 Å². The van der Waals surface area contributed by atoms with Crippen molar-refractivity contribution in [2.75, 3.05) is 11.5 Å². The van der Waals surface area contributed by atoms with Crippen molar-refractivity contribution >= 4 is 11.8 Å². The number of nitrogens with zero attached hydrogens (tertiary/aromatic N) is 2. The van der Waals surface area contributed by atoms with E-state index < -0.39 is 0 Å². The molecule has 1 aliphatic rings. The summed E-state index contributed by atoms with van der Waals surface area (Å²) >= 11 is 2.00. The standard InChI is InChI=1S/C8H13N3S/c1-2-7-9-8(11-10-7)6-3-4-12-5-6/h6H,2-5H2,1H3,(H,9,10,11). The van der Waals surface area contributed by atoms with Gasteiger partial charge in [0.15, 0.2) is 5.82 Å². The van der Waals surface area contributed by atoms with E-state index in [0.717, 1.165) is 18.1 Å². The highest BCUT2D eigenvalue weighted by atomic mass is 32.2. The maximum atomic E-state index is 4.43. The van der Waals surface area contributed by atoms with E-state index in [2.05, 4.69) is 22.1 Å². The Kier molecular flexibility index (Phi) is 2.35. The number of hydrogen-bond donors (Lipinski definition) is 1. The molecule has 1 atom stereocenters. The van der Waals surface area contributed by atoms with E-state index in [4.69, 9.17) is 0 Å². The summed E-state index contributed by atoms with van der Waals surface area (Å²) in [6, 6.07) is 0. The third-order valence-corrected chi connectivity index (χ3v) is 3.34. The van der Waals surface area contributed by atoms with Gasteiger partial charge in [-0.2, -0.15) is 16.9 Å². The highest BCUT2D eigenvalue weighted by Crippen LogP contribution is 2.29. The van der Waals surface area contributed by atoms with Gasteiger partial charge < -0.3 is 0 Å². The zero-order valence-electron chi connectivity index (χ0n) is 7.21. The Bertz CT molecular complexity index is 253. The number of aromatic amines is 1. The average Bonchev–Trinajstić information content (AvgIpc) is 2.75. The predicted molar refractivity (Wildman–Crippen MR) is 50.4 cm³/mol. The first-order valence-electron chi connectivity index (χ1n) is 4.39. The molecular weight excluding hydrogens is 170 g/mol. The zero-order valence-corrected chi connectivity index (χ0v) is 8.02. The van der Waals surface area contributed by atoms with E-state index in [1.807, 2.05) is 11.8 Å². The van der Waals surface area contributed by atoms with Crippen LogP contribution in [-0.2, 0) is 6.42 Å². The molecule has 1 saturated heterocycles. The van der Waals surface area contributed by atoms with Crippen LogP contribution in [-0.4, -0.2) is 26.7 Å². The fourth-order valence-electron chi connectivity index (χ4n) is 1.39. The van der Waals surface area contributed by atoms with Crippen LogP contribution in [0.4, 0.5) is 0 Å². The molecule has 0 saturated carbocycles. The lowest BCUT2D eigenvalue weighted by atomic mass is 10.1. The van der Waals surface area contributed by atoms with Gasteiger partial charge in [-0.1, -0.05) is 6.92 Å². The minimum absolute atomic E-state index is 0.603. The summed E-state index contributed by atoms with van der Waals surface area (Å²) in [5, 5.41) is 7.18. The maximum absolute atomic E-state index is 4.43. The lowest BCUT2D eigenvalue weighted by Gasteiger charge is -1.99. The van der Waals surface area contributed by atoms with Gasteiger partial charge in [0.1, 0.15) is 5.82 Å². The largest absolute Gasteiger partial charge is 0.263 e. The van der Waals surface area contributed by atoms with Crippen LogP contribution in [0, 0.1) is 0 Å². The molecule has 0 aliphatic carbocycles. The molecule has 2 heterocycles. The third kappa shape index (κ3) is 1.48. The SMILES string of the molecule is CCc1nc(C2CCSC2)n[nH]1. The van der Waals surface area contributed by atoms with Crippen molar-refractivity contribution in [3.8, 4) is 0 Å². The maximum Gasteiger partial charge on any atom is 0.154 e. The first-order valence-corrected chi connectivity index (χ1v) is 5.54. The summed E-state index contributed by atoms with van der Waals surface area (Å²) in [6.07, 6.45) is 2.19. The average molecular weight is 183 g/mol. The monoisotopic (exact) mass is 183 g/mol. The van der Waals surface area contributed by atoms with E-state index in [0.29, 0.717) is 5.92 Å². The van der Waals surface area contributed by atoms with Gasteiger partial charge in [0, 0.05) is 18.1 Å². The van der Waals surface area contributed by atoms with Gasteiger partial charge in [-0.3, -0.25) is 5.10 Å². The Morgan fingerprint density at radius 1 is 1.67 bits per heavy atom. The first-order chi connectivity index (χ1) is 5.90. The summed E-state index contributed by atoms with van der Waals surface area (Å²) in [7, 11) is 0. The molecule has 0 aromatic carbocycles. The number of H-pyrrole nitrogens is 1. The molecule has 1 aromatic rings. The number of aryl methyl sites for hydroxylation is 1. The molecule has 0 spiro atoms. The molecule has 4 heteroatoms. The Morgan fingerprint density at radius 3 is 3.17 bits per heavy atom. The van der Waals surface area contributed by atoms with Gasteiger partial charge in [0.25, 0.3) is 0 Å². The molecule has 12 heavy (non-hydrogen) atoms. The van der Waals surface area contributed by atoms with Crippen molar-refractivity contribution in [3.63, 3.8) is 0 Å². The number of aromatic nitrogens is 3. The van der Waals surface area contributed by atoms with Crippen molar-refractivity contribution in [1.82, 2.24) is 15.2 Å². The summed E-state index contributed by atoms with van der Waals surface area (Å²) in [6.45, 7) is 2.09. The molecule has 3 nitrogen and oxygen atoms in total. The molecule has 1 fully saturated rings.